The SMILES string of the molecule is N[C@@H]1CCC[C@@H]1NC1CCCC1. The van der Waals surface area contributed by atoms with Crippen molar-refractivity contribution in [1.29, 1.82) is 0 Å². The summed E-state index contributed by atoms with van der Waals surface area (Å²) in [6.45, 7) is 0. The van der Waals surface area contributed by atoms with Gasteiger partial charge in [-0.2, -0.15) is 0 Å². The minimum Gasteiger partial charge on any atom is -0.326 e. The van der Waals surface area contributed by atoms with Gasteiger partial charge in [0.1, 0.15) is 0 Å². The molecule has 2 rings (SSSR count). The van der Waals surface area contributed by atoms with Gasteiger partial charge in [0.05, 0.1) is 0 Å². The van der Waals surface area contributed by atoms with Crippen molar-refractivity contribution in [3.05, 3.63) is 0 Å². The van der Waals surface area contributed by atoms with E-state index >= 15 is 0 Å². The number of nitrogens with two attached hydrogens (primary N) is 1. The Hall–Kier alpha value is -0.0800. The van der Waals surface area contributed by atoms with Gasteiger partial charge in [0.15, 0.2) is 0 Å². The Morgan fingerprint density at radius 3 is 2.25 bits per heavy atom. The molecular weight excluding hydrogens is 148 g/mol. The maximum atomic E-state index is 5.99. The highest BCUT2D eigenvalue weighted by atomic mass is 15.0. The van der Waals surface area contributed by atoms with Gasteiger partial charge in [0.2, 0.25) is 0 Å². The lowest BCUT2D eigenvalue weighted by Gasteiger charge is -2.21. The molecular formula is C10H20N2. The molecule has 2 aliphatic rings. The Bertz CT molecular complexity index is 141. The van der Waals surface area contributed by atoms with Gasteiger partial charge >= 0.3 is 0 Å². The quantitative estimate of drug-likeness (QED) is 0.654. The van der Waals surface area contributed by atoms with Gasteiger partial charge in [-0.25, -0.2) is 0 Å². The van der Waals surface area contributed by atoms with Gasteiger partial charge in [-0.1, -0.05) is 19.3 Å². The van der Waals surface area contributed by atoms with E-state index in [4.69, 9.17) is 5.73 Å². The highest BCUT2D eigenvalue weighted by Crippen LogP contribution is 2.23. The first-order valence-electron chi connectivity index (χ1n) is 5.38. The second kappa shape index (κ2) is 3.75. The Morgan fingerprint density at radius 1 is 0.917 bits per heavy atom. The Kier molecular flexibility index (Phi) is 2.66. The van der Waals surface area contributed by atoms with Crippen LogP contribution in [-0.4, -0.2) is 18.1 Å². The van der Waals surface area contributed by atoms with Crippen molar-refractivity contribution in [2.75, 3.05) is 0 Å². The van der Waals surface area contributed by atoms with Crippen molar-refractivity contribution in [1.82, 2.24) is 5.32 Å². The second-order valence-corrected chi connectivity index (χ2v) is 4.35. The van der Waals surface area contributed by atoms with Crippen LogP contribution in [0.2, 0.25) is 0 Å². The third-order valence-corrected chi connectivity index (χ3v) is 3.37. The molecule has 2 heteroatoms. The first-order valence-corrected chi connectivity index (χ1v) is 5.38. The largest absolute Gasteiger partial charge is 0.326 e. The summed E-state index contributed by atoms with van der Waals surface area (Å²) in [6, 6.07) is 1.86. The molecule has 70 valence electrons. The van der Waals surface area contributed by atoms with E-state index in [1.54, 1.807) is 0 Å². The molecule has 12 heavy (non-hydrogen) atoms. The fourth-order valence-electron chi connectivity index (χ4n) is 2.59. The number of nitrogens with one attached hydrogen (secondary N) is 1. The highest BCUT2D eigenvalue weighted by Gasteiger charge is 2.26. The number of hydrogen-bond donors (Lipinski definition) is 2. The van der Waals surface area contributed by atoms with E-state index in [2.05, 4.69) is 5.32 Å². The van der Waals surface area contributed by atoms with E-state index in [9.17, 15) is 0 Å². The van der Waals surface area contributed by atoms with Crippen molar-refractivity contribution >= 4 is 0 Å². The molecule has 2 fully saturated rings. The van der Waals surface area contributed by atoms with Crippen molar-refractivity contribution in [2.24, 2.45) is 5.73 Å². The molecule has 2 aliphatic carbocycles. The molecule has 0 saturated heterocycles. The monoisotopic (exact) mass is 168 g/mol. The number of hydrogen-bond acceptors (Lipinski definition) is 2. The maximum Gasteiger partial charge on any atom is 0.0221 e. The predicted octanol–water partition coefficient (Wildman–Crippen LogP) is 1.40. The van der Waals surface area contributed by atoms with Crippen LogP contribution in [0, 0.1) is 0 Å². The summed E-state index contributed by atoms with van der Waals surface area (Å²) in [5.41, 5.74) is 5.99. The van der Waals surface area contributed by atoms with Crippen molar-refractivity contribution in [3.63, 3.8) is 0 Å². The molecule has 3 N–H and O–H groups in total. The lowest BCUT2D eigenvalue weighted by Crippen LogP contribution is -2.45. The molecule has 0 unspecified atom stereocenters. The van der Waals surface area contributed by atoms with Gasteiger partial charge in [-0.3, -0.25) is 0 Å². The molecule has 0 aromatic carbocycles. The van der Waals surface area contributed by atoms with Gasteiger partial charge in [0.25, 0.3) is 0 Å². The van der Waals surface area contributed by atoms with Crippen molar-refractivity contribution < 1.29 is 0 Å². The molecule has 0 spiro atoms. The van der Waals surface area contributed by atoms with E-state index in [0.717, 1.165) is 6.04 Å². The van der Waals surface area contributed by atoms with Gasteiger partial charge in [0, 0.05) is 18.1 Å². The van der Waals surface area contributed by atoms with Crippen LogP contribution in [0.25, 0.3) is 0 Å². The number of rotatable bonds is 2. The molecule has 0 bridgehead atoms. The van der Waals surface area contributed by atoms with E-state index in [1.807, 2.05) is 0 Å². The standard InChI is InChI=1S/C10H20N2/c11-9-6-3-7-10(9)12-8-4-1-2-5-8/h8-10,12H,1-7,11H2/t9-,10+/m1/s1. The van der Waals surface area contributed by atoms with Crippen molar-refractivity contribution in [2.45, 2.75) is 63.1 Å². The predicted molar refractivity (Wildman–Crippen MR) is 51.0 cm³/mol. The third kappa shape index (κ3) is 1.80. The summed E-state index contributed by atoms with van der Waals surface area (Å²) >= 11 is 0. The van der Waals surface area contributed by atoms with Gasteiger partial charge < -0.3 is 11.1 Å². The average molecular weight is 168 g/mol. The minimum absolute atomic E-state index is 0.436. The molecule has 0 aromatic heterocycles. The van der Waals surface area contributed by atoms with Gasteiger partial charge in [-0.05, 0) is 25.7 Å². The summed E-state index contributed by atoms with van der Waals surface area (Å²) in [7, 11) is 0. The fraction of sp³-hybridized carbons (Fsp3) is 1.00. The van der Waals surface area contributed by atoms with Crippen LogP contribution in [0.3, 0.4) is 0 Å². The summed E-state index contributed by atoms with van der Waals surface area (Å²) in [5, 5.41) is 3.70. The Labute approximate surface area is 74.9 Å². The van der Waals surface area contributed by atoms with Crippen LogP contribution in [0.5, 0.6) is 0 Å². The lowest BCUT2D eigenvalue weighted by atomic mass is 10.1. The van der Waals surface area contributed by atoms with Crippen LogP contribution >= 0.6 is 0 Å². The Morgan fingerprint density at radius 2 is 1.67 bits per heavy atom. The normalized spacial score (nSPS) is 37.8. The molecule has 2 saturated carbocycles. The molecule has 0 heterocycles. The molecule has 0 amide bonds. The highest BCUT2D eigenvalue weighted by molar-refractivity contribution is 4.89. The van der Waals surface area contributed by atoms with Crippen LogP contribution in [0.4, 0.5) is 0 Å². The zero-order valence-corrected chi connectivity index (χ0v) is 7.76. The zero-order chi connectivity index (χ0) is 8.39. The molecule has 0 radical (unpaired) electrons. The molecule has 2 nitrogen and oxygen atoms in total. The topological polar surface area (TPSA) is 38.0 Å². The van der Waals surface area contributed by atoms with Crippen molar-refractivity contribution in [3.8, 4) is 0 Å². The molecule has 2 atom stereocenters. The summed E-state index contributed by atoms with van der Waals surface area (Å²) in [6.07, 6.45) is 9.44. The average Bonchev–Trinajstić information content (AvgIpc) is 2.65. The first kappa shape index (κ1) is 8.52. The lowest BCUT2D eigenvalue weighted by molar-refractivity contribution is 0.407. The smallest absolute Gasteiger partial charge is 0.0221 e. The Balaban J connectivity index is 1.77. The third-order valence-electron chi connectivity index (χ3n) is 3.37. The zero-order valence-electron chi connectivity index (χ0n) is 7.76. The second-order valence-electron chi connectivity index (χ2n) is 4.35. The summed E-state index contributed by atoms with van der Waals surface area (Å²) < 4.78 is 0. The summed E-state index contributed by atoms with van der Waals surface area (Å²) in [5.74, 6) is 0. The van der Waals surface area contributed by atoms with E-state index < -0.39 is 0 Å². The minimum atomic E-state index is 0.436. The van der Waals surface area contributed by atoms with Crippen LogP contribution in [-0.2, 0) is 0 Å². The summed E-state index contributed by atoms with van der Waals surface area (Å²) in [4.78, 5) is 0. The molecule has 0 aliphatic heterocycles. The van der Waals surface area contributed by atoms with Crippen LogP contribution in [0.15, 0.2) is 0 Å². The van der Waals surface area contributed by atoms with E-state index in [0.29, 0.717) is 12.1 Å². The van der Waals surface area contributed by atoms with E-state index in [1.165, 1.54) is 44.9 Å². The maximum absolute atomic E-state index is 5.99. The van der Waals surface area contributed by atoms with Crippen LogP contribution in [0.1, 0.15) is 44.9 Å². The first-order chi connectivity index (χ1) is 5.86. The molecule has 0 aromatic rings. The van der Waals surface area contributed by atoms with E-state index in [-0.39, 0.29) is 0 Å². The van der Waals surface area contributed by atoms with Gasteiger partial charge in [-0.15, -0.1) is 0 Å². The van der Waals surface area contributed by atoms with Crippen LogP contribution < -0.4 is 11.1 Å². The fourth-order valence-corrected chi connectivity index (χ4v) is 2.59.